The lowest BCUT2D eigenvalue weighted by Gasteiger charge is -2.14. The molecule has 0 bridgehead atoms. The van der Waals surface area contributed by atoms with E-state index in [1.807, 2.05) is 31.2 Å². The zero-order valence-corrected chi connectivity index (χ0v) is 19.3. The molecule has 1 amide bonds. The summed E-state index contributed by atoms with van der Waals surface area (Å²) in [6.45, 7) is 1.96. The fraction of sp³-hybridized carbons (Fsp3) is 0.182. The van der Waals surface area contributed by atoms with Gasteiger partial charge in [-0.05, 0) is 30.7 Å². The van der Waals surface area contributed by atoms with E-state index in [1.54, 1.807) is 4.68 Å². The molecule has 10 nitrogen and oxygen atoms in total. The molecule has 12 heteroatoms. The van der Waals surface area contributed by atoms with E-state index in [2.05, 4.69) is 15.4 Å². The molecule has 5 rings (SSSR count). The van der Waals surface area contributed by atoms with Gasteiger partial charge in [-0.15, -0.1) is 0 Å². The first-order valence-electron chi connectivity index (χ1n) is 10.3. The maximum Gasteiger partial charge on any atom is 0.289 e. The highest BCUT2D eigenvalue weighted by molar-refractivity contribution is 7.99. The SMILES string of the molecule is Cc1ccccc1-n1ncc2c(=O)n3c(nc21)SCC3CC(=O)Nc1ccc(Cl)c([N+](=O)[O-])c1. The first-order valence-corrected chi connectivity index (χ1v) is 11.6. The van der Waals surface area contributed by atoms with Crippen molar-refractivity contribution in [1.29, 1.82) is 0 Å². The van der Waals surface area contributed by atoms with Gasteiger partial charge in [0.1, 0.15) is 10.4 Å². The molecule has 0 saturated carbocycles. The Morgan fingerprint density at radius 3 is 2.88 bits per heavy atom. The lowest BCUT2D eigenvalue weighted by Crippen LogP contribution is -2.27. The van der Waals surface area contributed by atoms with E-state index in [0.29, 0.717) is 21.9 Å². The number of thioether (sulfide) groups is 1. The number of amides is 1. The third kappa shape index (κ3) is 3.82. The van der Waals surface area contributed by atoms with Gasteiger partial charge in [0.2, 0.25) is 5.91 Å². The summed E-state index contributed by atoms with van der Waals surface area (Å²) in [5.41, 5.74) is 2.01. The van der Waals surface area contributed by atoms with Crippen molar-refractivity contribution in [2.75, 3.05) is 11.1 Å². The Kier molecular flexibility index (Phi) is 5.58. The van der Waals surface area contributed by atoms with Crippen molar-refractivity contribution >= 4 is 51.7 Å². The number of nitrogens with zero attached hydrogens (tertiary/aromatic N) is 5. The molecule has 4 aromatic rings. The first-order chi connectivity index (χ1) is 16.3. The molecule has 34 heavy (non-hydrogen) atoms. The number of hydrogen-bond donors (Lipinski definition) is 1. The minimum atomic E-state index is -0.616. The van der Waals surface area contributed by atoms with E-state index < -0.39 is 11.0 Å². The number of nitro benzene ring substituents is 1. The van der Waals surface area contributed by atoms with Gasteiger partial charge in [0.05, 0.1) is 22.8 Å². The number of aryl methyl sites for hydroxylation is 1. The normalized spacial score (nSPS) is 14.8. The Balaban J connectivity index is 1.42. The van der Waals surface area contributed by atoms with Crippen molar-refractivity contribution < 1.29 is 9.72 Å². The van der Waals surface area contributed by atoms with Crippen molar-refractivity contribution in [2.45, 2.75) is 24.5 Å². The fourth-order valence-corrected chi connectivity index (χ4v) is 5.23. The van der Waals surface area contributed by atoms with Gasteiger partial charge in [-0.2, -0.15) is 5.10 Å². The molecule has 2 aromatic carbocycles. The van der Waals surface area contributed by atoms with Crippen molar-refractivity contribution in [3.05, 3.63) is 79.7 Å². The predicted octanol–water partition coefficient (Wildman–Crippen LogP) is 4.13. The van der Waals surface area contributed by atoms with Crippen molar-refractivity contribution in [1.82, 2.24) is 19.3 Å². The minimum absolute atomic E-state index is 0.00937. The highest BCUT2D eigenvalue weighted by Gasteiger charge is 2.30. The van der Waals surface area contributed by atoms with Crippen LogP contribution in [0, 0.1) is 17.0 Å². The van der Waals surface area contributed by atoms with Crippen LogP contribution in [0.1, 0.15) is 18.0 Å². The molecule has 0 aliphatic carbocycles. The molecule has 0 radical (unpaired) electrons. The molecule has 2 aromatic heterocycles. The van der Waals surface area contributed by atoms with E-state index in [9.17, 15) is 19.7 Å². The van der Waals surface area contributed by atoms with Gasteiger partial charge < -0.3 is 5.32 Å². The number of anilines is 1. The molecule has 1 aliphatic heterocycles. The van der Waals surface area contributed by atoms with Crippen LogP contribution in [-0.4, -0.2) is 35.9 Å². The highest BCUT2D eigenvalue weighted by atomic mass is 35.5. The summed E-state index contributed by atoms with van der Waals surface area (Å²) in [5.74, 6) is 0.124. The first kappa shape index (κ1) is 22.1. The van der Waals surface area contributed by atoms with E-state index in [1.165, 1.54) is 40.7 Å². The summed E-state index contributed by atoms with van der Waals surface area (Å²) in [4.78, 5) is 41.1. The number of halogens is 1. The van der Waals surface area contributed by atoms with Crippen molar-refractivity contribution in [3.63, 3.8) is 0 Å². The molecule has 0 fully saturated rings. The number of nitrogens with one attached hydrogen (secondary N) is 1. The number of carbonyl (C=O) groups is 1. The Morgan fingerprint density at radius 1 is 1.32 bits per heavy atom. The van der Waals surface area contributed by atoms with E-state index >= 15 is 0 Å². The molecular weight excluding hydrogens is 480 g/mol. The Morgan fingerprint density at radius 2 is 2.12 bits per heavy atom. The van der Waals surface area contributed by atoms with Gasteiger partial charge in [0.25, 0.3) is 11.2 Å². The topological polar surface area (TPSA) is 125 Å². The van der Waals surface area contributed by atoms with Crippen LogP contribution in [0.25, 0.3) is 16.7 Å². The summed E-state index contributed by atoms with van der Waals surface area (Å²) in [7, 11) is 0. The zero-order valence-electron chi connectivity index (χ0n) is 17.8. The Labute approximate surface area is 201 Å². The molecule has 1 aliphatic rings. The average molecular weight is 497 g/mol. The second kappa shape index (κ2) is 8.58. The van der Waals surface area contributed by atoms with Crippen molar-refractivity contribution in [2.24, 2.45) is 0 Å². The van der Waals surface area contributed by atoms with Crippen LogP contribution in [0.5, 0.6) is 0 Å². The average Bonchev–Trinajstić information content (AvgIpc) is 3.40. The summed E-state index contributed by atoms with van der Waals surface area (Å²) < 4.78 is 3.18. The van der Waals surface area contributed by atoms with Crippen LogP contribution in [-0.2, 0) is 4.79 Å². The predicted molar refractivity (Wildman–Crippen MR) is 129 cm³/mol. The zero-order chi connectivity index (χ0) is 24.0. The lowest BCUT2D eigenvalue weighted by molar-refractivity contribution is -0.384. The molecule has 0 spiro atoms. The molecule has 1 N–H and O–H groups in total. The highest BCUT2D eigenvalue weighted by Crippen LogP contribution is 2.34. The number of benzene rings is 2. The van der Waals surface area contributed by atoms with Crippen LogP contribution >= 0.6 is 23.4 Å². The smallest absolute Gasteiger partial charge is 0.289 e. The molecule has 172 valence electrons. The van der Waals surface area contributed by atoms with Crippen LogP contribution < -0.4 is 10.9 Å². The van der Waals surface area contributed by atoms with Crippen LogP contribution in [0.3, 0.4) is 0 Å². The van der Waals surface area contributed by atoms with Gasteiger partial charge in [0, 0.05) is 23.9 Å². The lowest BCUT2D eigenvalue weighted by atomic mass is 10.2. The van der Waals surface area contributed by atoms with Gasteiger partial charge in [-0.1, -0.05) is 41.6 Å². The van der Waals surface area contributed by atoms with E-state index in [0.717, 1.165) is 11.3 Å². The number of para-hydroxylation sites is 1. The van der Waals surface area contributed by atoms with Crippen LogP contribution in [0.15, 0.2) is 58.6 Å². The summed E-state index contributed by atoms with van der Waals surface area (Å²) in [6.07, 6.45) is 1.51. The van der Waals surface area contributed by atoms with Gasteiger partial charge in [-0.3, -0.25) is 24.3 Å². The van der Waals surface area contributed by atoms with Crippen molar-refractivity contribution in [3.8, 4) is 5.69 Å². The number of nitro groups is 1. The summed E-state index contributed by atoms with van der Waals surface area (Å²) in [5, 5.41) is 19.0. The molecular formula is C22H17ClN6O4S. The summed E-state index contributed by atoms with van der Waals surface area (Å²) in [6, 6.07) is 11.3. The number of carbonyl (C=O) groups excluding carboxylic acids is 1. The molecule has 0 saturated heterocycles. The Hall–Kier alpha value is -3.70. The van der Waals surface area contributed by atoms with Crippen LogP contribution in [0.4, 0.5) is 11.4 Å². The maximum absolute atomic E-state index is 13.3. The third-order valence-corrected chi connectivity index (χ3v) is 6.98. The van der Waals surface area contributed by atoms with Gasteiger partial charge >= 0.3 is 0 Å². The molecule has 3 heterocycles. The fourth-order valence-electron chi connectivity index (χ4n) is 3.91. The maximum atomic E-state index is 13.3. The summed E-state index contributed by atoms with van der Waals surface area (Å²) >= 11 is 7.22. The second-order valence-corrected chi connectivity index (χ2v) is 9.18. The van der Waals surface area contributed by atoms with E-state index in [4.69, 9.17) is 11.6 Å². The number of rotatable bonds is 5. The molecule has 1 atom stereocenters. The monoisotopic (exact) mass is 496 g/mol. The third-order valence-electron chi connectivity index (χ3n) is 5.56. The Bertz CT molecular complexity index is 1530. The van der Waals surface area contributed by atoms with Gasteiger partial charge in [-0.25, -0.2) is 9.67 Å². The largest absolute Gasteiger partial charge is 0.326 e. The number of aromatic nitrogens is 4. The molecule has 1 unspecified atom stereocenters. The number of fused-ring (bicyclic) bond motifs is 2. The number of hydrogen-bond acceptors (Lipinski definition) is 7. The van der Waals surface area contributed by atoms with Crippen LogP contribution in [0.2, 0.25) is 5.02 Å². The second-order valence-electron chi connectivity index (χ2n) is 7.79. The van der Waals surface area contributed by atoms with Gasteiger partial charge in [0.15, 0.2) is 10.8 Å². The minimum Gasteiger partial charge on any atom is -0.326 e. The quantitative estimate of drug-likeness (QED) is 0.250. The standard InChI is InChI=1S/C22H17ClN6O4S/c1-12-4-2-3-5-17(12)28-20-15(10-24-28)21(31)27-14(11-34-22(27)26-20)9-19(30)25-13-6-7-16(23)18(8-13)29(32)33/h2-8,10,14H,9,11H2,1H3,(H,25,30). The van der Waals surface area contributed by atoms with E-state index in [-0.39, 0.29) is 34.3 Å².